The van der Waals surface area contributed by atoms with E-state index in [0.29, 0.717) is 12.1 Å². The van der Waals surface area contributed by atoms with Crippen LogP contribution in [0.2, 0.25) is 0 Å². The highest BCUT2D eigenvalue weighted by atomic mass is 16.5. The van der Waals surface area contributed by atoms with Crippen LogP contribution in [0.15, 0.2) is 18.2 Å². The van der Waals surface area contributed by atoms with Crippen molar-refractivity contribution in [2.45, 2.75) is 51.2 Å². The molecule has 0 amide bonds. The first-order valence-corrected chi connectivity index (χ1v) is 7.98. The molecule has 0 aromatic heterocycles. The summed E-state index contributed by atoms with van der Waals surface area (Å²) in [6.45, 7) is 4.98. The Morgan fingerprint density at radius 3 is 2.90 bits per heavy atom. The molecule has 0 saturated carbocycles. The Hall–Kier alpha value is -1.06. The summed E-state index contributed by atoms with van der Waals surface area (Å²) < 4.78 is 11.6. The van der Waals surface area contributed by atoms with Gasteiger partial charge in [0.05, 0.1) is 13.2 Å². The Balaban J connectivity index is 1.71. The van der Waals surface area contributed by atoms with Crippen LogP contribution in [-0.4, -0.2) is 25.9 Å². The van der Waals surface area contributed by atoms with Crippen molar-refractivity contribution in [2.75, 3.05) is 19.8 Å². The molecule has 1 saturated heterocycles. The number of ether oxygens (including phenoxy) is 2. The number of nitrogens with one attached hydrogen (secondary N) is 1. The predicted octanol–water partition coefficient (Wildman–Crippen LogP) is 3.23. The molecule has 1 heterocycles. The smallest absolute Gasteiger partial charge is 0.123 e. The highest BCUT2D eigenvalue weighted by Gasteiger charge is 2.26. The molecule has 1 aromatic rings. The molecule has 110 valence electrons. The fourth-order valence-electron chi connectivity index (χ4n) is 3.24. The van der Waals surface area contributed by atoms with Crippen molar-refractivity contribution >= 4 is 0 Å². The van der Waals surface area contributed by atoms with Crippen LogP contribution in [0.25, 0.3) is 0 Å². The summed E-state index contributed by atoms with van der Waals surface area (Å²) in [6.07, 6.45) is 5.88. The van der Waals surface area contributed by atoms with Crippen LogP contribution in [-0.2, 0) is 11.2 Å². The van der Waals surface area contributed by atoms with Gasteiger partial charge in [0.2, 0.25) is 0 Å². The zero-order valence-electron chi connectivity index (χ0n) is 12.4. The third-order valence-electron chi connectivity index (χ3n) is 4.33. The first-order valence-electron chi connectivity index (χ1n) is 7.98. The van der Waals surface area contributed by atoms with E-state index in [1.807, 2.05) is 0 Å². The van der Waals surface area contributed by atoms with Crippen LogP contribution in [0, 0.1) is 0 Å². The molecular formula is C17H25NO2. The van der Waals surface area contributed by atoms with Crippen molar-refractivity contribution in [3.63, 3.8) is 0 Å². The summed E-state index contributed by atoms with van der Waals surface area (Å²) in [5.41, 5.74) is 2.87. The maximum absolute atomic E-state index is 6.24. The molecule has 1 unspecified atom stereocenters. The quantitative estimate of drug-likeness (QED) is 0.895. The van der Waals surface area contributed by atoms with Gasteiger partial charge in [0.1, 0.15) is 11.9 Å². The van der Waals surface area contributed by atoms with Gasteiger partial charge >= 0.3 is 0 Å². The van der Waals surface area contributed by atoms with E-state index in [-0.39, 0.29) is 0 Å². The third kappa shape index (κ3) is 2.99. The number of benzene rings is 1. The average Bonchev–Trinajstić information content (AvgIpc) is 2.90. The number of hydrogen-bond acceptors (Lipinski definition) is 3. The Morgan fingerprint density at radius 1 is 1.25 bits per heavy atom. The van der Waals surface area contributed by atoms with Crippen LogP contribution < -0.4 is 10.1 Å². The molecule has 0 radical (unpaired) electrons. The summed E-state index contributed by atoms with van der Waals surface area (Å²) in [5, 5.41) is 3.64. The monoisotopic (exact) mass is 275 g/mol. The second-order valence-electron chi connectivity index (χ2n) is 5.80. The summed E-state index contributed by atoms with van der Waals surface area (Å²) >= 11 is 0. The average molecular weight is 275 g/mol. The molecule has 3 nitrogen and oxygen atoms in total. The van der Waals surface area contributed by atoms with Crippen molar-refractivity contribution in [2.24, 2.45) is 0 Å². The van der Waals surface area contributed by atoms with E-state index in [0.717, 1.165) is 44.8 Å². The molecule has 2 aliphatic rings. The van der Waals surface area contributed by atoms with Crippen molar-refractivity contribution in [3.8, 4) is 5.75 Å². The lowest BCUT2D eigenvalue weighted by Crippen LogP contribution is -2.26. The Morgan fingerprint density at radius 2 is 2.10 bits per heavy atom. The molecule has 3 rings (SSSR count). The molecule has 1 fully saturated rings. The molecule has 1 aromatic carbocycles. The third-order valence-corrected chi connectivity index (χ3v) is 4.33. The van der Waals surface area contributed by atoms with Crippen LogP contribution in [0.5, 0.6) is 5.75 Å². The van der Waals surface area contributed by atoms with E-state index in [4.69, 9.17) is 9.47 Å². The minimum absolute atomic E-state index is 0.331. The Bertz CT molecular complexity index is 441. The molecular weight excluding hydrogens is 250 g/mol. The van der Waals surface area contributed by atoms with E-state index in [1.54, 1.807) is 0 Å². The lowest BCUT2D eigenvalue weighted by atomic mass is 10.1. The molecule has 0 spiro atoms. The molecule has 1 aliphatic heterocycles. The van der Waals surface area contributed by atoms with Crippen molar-refractivity contribution in [1.82, 2.24) is 5.32 Å². The van der Waals surface area contributed by atoms with E-state index >= 15 is 0 Å². The fraction of sp³-hybridized carbons (Fsp3) is 0.647. The Kier molecular flexibility index (Phi) is 4.58. The minimum atomic E-state index is 0.331. The van der Waals surface area contributed by atoms with Crippen molar-refractivity contribution in [1.29, 1.82) is 0 Å². The fourth-order valence-corrected chi connectivity index (χ4v) is 3.24. The molecule has 1 atom stereocenters. The van der Waals surface area contributed by atoms with Crippen molar-refractivity contribution in [3.05, 3.63) is 29.3 Å². The lowest BCUT2D eigenvalue weighted by Gasteiger charge is -2.24. The number of hydrogen-bond donors (Lipinski definition) is 1. The predicted molar refractivity (Wildman–Crippen MR) is 80.3 cm³/mol. The van der Waals surface area contributed by atoms with Gasteiger partial charge in [0, 0.05) is 18.9 Å². The van der Waals surface area contributed by atoms with Gasteiger partial charge in [-0.05, 0) is 43.0 Å². The Labute approximate surface area is 121 Å². The zero-order valence-corrected chi connectivity index (χ0v) is 12.4. The summed E-state index contributed by atoms with van der Waals surface area (Å²) in [7, 11) is 0. The van der Waals surface area contributed by atoms with Gasteiger partial charge in [-0.3, -0.25) is 0 Å². The van der Waals surface area contributed by atoms with Gasteiger partial charge in [-0.2, -0.15) is 0 Å². The lowest BCUT2D eigenvalue weighted by molar-refractivity contribution is 0.0252. The summed E-state index contributed by atoms with van der Waals surface area (Å²) in [6, 6.07) is 7.05. The standard InChI is InChI=1S/C17H25NO2/c1-2-10-18-16-7-6-15-14(16)4-3-5-17(15)20-13-8-11-19-12-9-13/h3-5,13,16,18H,2,6-12H2,1H3. The maximum atomic E-state index is 6.24. The summed E-state index contributed by atoms with van der Waals surface area (Å²) in [4.78, 5) is 0. The van der Waals surface area contributed by atoms with E-state index < -0.39 is 0 Å². The van der Waals surface area contributed by atoms with E-state index in [2.05, 4.69) is 30.4 Å². The normalized spacial score (nSPS) is 22.8. The van der Waals surface area contributed by atoms with Crippen LogP contribution in [0.4, 0.5) is 0 Å². The van der Waals surface area contributed by atoms with Crippen LogP contribution in [0.1, 0.15) is 49.8 Å². The second-order valence-corrected chi connectivity index (χ2v) is 5.80. The van der Waals surface area contributed by atoms with Crippen molar-refractivity contribution < 1.29 is 9.47 Å². The van der Waals surface area contributed by atoms with Crippen LogP contribution >= 0.6 is 0 Å². The topological polar surface area (TPSA) is 30.5 Å². The van der Waals surface area contributed by atoms with Gasteiger partial charge < -0.3 is 14.8 Å². The SMILES string of the molecule is CCCNC1CCc2c(OC3CCOCC3)cccc21. The first kappa shape index (κ1) is 13.9. The zero-order chi connectivity index (χ0) is 13.8. The molecule has 20 heavy (non-hydrogen) atoms. The molecule has 1 N–H and O–H groups in total. The van der Waals surface area contributed by atoms with Gasteiger partial charge in [0.25, 0.3) is 0 Å². The van der Waals surface area contributed by atoms with Gasteiger partial charge in [-0.1, -0.05) is 19.1 Å². The second kappa shape index (κ2) is 6.59. The number of rotatable bonds is 5. The highest BCUT2D eigenvalue weighted by molar-refractivity contribution is 5.45. The van der Waals surface area contributed by atoms with Gasteiger partial charge in [0.15, 0.2) is 0 Å². The first-order chi connectivity index (χ1) is 9.88. The molecule has 3 heteroatoms. The maximum Gasteiger partial charge on any atom is 0.123 e. The van der Waals surface area contributed by atoms with Gasteiger partial charge in [-0.15, -0.1) is 0 Å². The largest absolute Gasteiger partial charge is 0.490 e. The molecule has 0 bridgehead atoms. The minimum Gasteiger partial charge on any atom is -0.490 e. The van der Waals surface area contributed by atoms with Crippen LogP contribution in [0.3, 0.4) is 0 Å². The number of fused-ring (bicyclic) bond motifs is 1. The molecule has 1 aliphatic carbocycles. The summed E-state index contributed by atoms with van der Waals surface area (Å²) in [5.74, 6) is 1.11. The highest BCUT2D eigenvalue weighted by Crippen LogP contribution is 2.37. The van der Waals surface area contributed by atoms with E-state index in [1.165, 1.54) is 24.0 Å². The van der Waals surface area contributed by atoms with Gasteiger partial charge in [-0.25, -0.2) is 0 Å². The van der Waals surface area contributed by atoms with E-state index in [9.17, 15) is 0 Å².